The zero-order chi connectivity index (χ0) is 18.8. The third-order valence-electron chi connectivity index (χ3n) is 3.39. The van der Waals surface area contributed by atoms with E-state index in [-0.39, 0.29) is 16.6 Å². The Morgan fingerprint density at radius 2 is 2.19 bits per heavy atom. The van der Waals surface area contributed by atoms with E-state index < -0.39 is 35.3 Å². The summed E-state index contributed by atoms with van der Waals surface area (Å²) in [5.74, 6) is -1.09. The van der Waals surface area contributed by atoms with Crippen LogP contribution in [-0.2, 0) is 17.4 Å². The first-order valence-corrected chi connectivity index (χ1v) is 8.74. The van der Waals surface area contributed by atoms with Gasteiger partial charge in [0.05, 0.1) is 25.4 Å². The fraction of sp³-hybridized carbons (Fsp3) is 0.200. The summed E-state index contributed by atoms with van der Waals surface area (Å²) in [7, 11) is -0.603. The summed E-state index contributed by atoms with van der Waals surface area (Å²) in [6.45, 7) is 0. The van der Waals surface area contributed by atoms with Gasteiger partial charge in [0.2, 0.25) is 12.3 Å². The summed E-state index contributed by atoms with van der Waals surface area (Å²) in [6, 6.07) is 4.10. The quantitative estimate of drug-likeness (QED) is 0.683. The van der Waals surface area contributed by atoms with E-state index in [4.69, 9.17) is 16.3 Å². The average molecular weight is 405 g/mol. The highest BCUT2D eigenvalue weighted by atomic mass is 35.5. The molecule has 1 N–H and O–H groups in total. The van der Waals surface area contributed by atoms with Gasteiger partial charge in [0.15, 0.2) is 16.0 Å². The van der Waals surface area contributed by atoms with E-state index in [1.165, 1.54) is 17.7 Å². The molecule has 26 heavy (non-hydrogen) atoms. The molecule has 3 heterocycles. The first-order valence-electron chi connectivity index (χ1n) is 7.21. The van der Waals surface area contributed by atoms with Crippen LogP contribution in [-0.4, -0.2) is 32.1 Å². The first kappa shape index (κ1) is 18.5. The van der Waals surface area contributed by atoms with Crippen molar-refractivity contribution in [1.82, 2.24) is 14.4 Å². The number of pyridine rings is 2. The van der Waals surface area contributed by atoms with Crippen molar-refractivity contribution in [3.63, 3.8) is 0 Å². The van der Waals surface area contributed by atoms with E-state index in [1.807, 2.05) is 0 Å². The van der Waals surface area contributed by atoms with Gasteiger partial charge < -0.3 is 4.74 Å². The molecule has 138 valence electrons. The number of hydrogen-bond acceptors (Lipinski definition) is 4. The largest absolute Gasteiger partial charge is 0.479 e. The Morgan fingerprint density at radius 1 is 1.42 bits per heavy atom. The van der Waals surface area contributed by atoms with Crippen LogP contribution in [0.25, 0.3) is 5.65 Å². The second-order valence-electron chi connectivity index (χ2n) is 5.11. The number of fused-ring (bicyclic) bond motifs is 1. The van der Waals surface area contributed by atoms with Crippen molar-refractivity contribution in [3.05, 3.63) is 47.1 Å². The number of imidazole rings is 1. The van der Waals surface area contributed by atoms with Gasteiger partial charge in [-0.05, 0) is 6.07 Å². The number of ether oxygens (including phenoxy) is 1. The van der Waals surface area contributed by atoms with Crippen LogP contribution in [0.1, 0.15) is 5.69 Å². The highest BCUT2D eigenvalue weighted by Crippen LogP contribution is 2.27. The number of methoxy groups -OCH3 is 1. The summed E-state index contributed by atoms with van der Waals surface area (Å²) >= 11 is 5.88. The van der Waals surface area contributed by atoms with Crippen molar-refractivity contribution < 1.29 is 22.1 Å². The lowest BCUT2D eigenvalue weighted by molar-refractivity contribution is 0.146. The van der Waals surface area contributed by atoms with Crippen LogP contribution in [0.3, 0.4) is 0 Å². The normalized spacial score (nSPS) is 12.5. The Hall–Kier alpha value is -2.33. The van der Waals surface area contributed by atoms with E-state index in [0.717, 1.165) is 6.07 Å². The number of nitrogens with zero attached hydrogens (tertiary/aromatic N) is 3. The van der Waals surface area contributed by atoms with Crippen LogP contribution in [0.5, 0.6) is 5.88 Å². The van der Waals surface area contributed by atoms with Crippen molar-refractivity contribution >= 4 is 33.9 Å². The fourth-order valence-electron chi connectivity index (χ4n) is 2.25. The summed E-state index contributed by atoms with van der Waals surface area (Å²) in [5, 5.41) is 0.742. The van der Waals surface area contributed by atoms with Gasteiger partial charge in [0.1, 0.15) is 17.2 Å². The molecule has 3 rings (SSSR count). The number of hydrogen-bond donors (Lipinski definition) is 1. The molecule has 11 heteroatoms. The van der Waals surface area contributed by atoms with Crippen LogP contribution in [0.15, 0.2) is 35.6 Å². The molecule has 0 radical (unpaired) electrons. The van der Waals surface area contributed by atoms with Gasteiger partial charge in [-0.3, -0.25) is 9.12 Å². The first-order chi connectivity index (χ1) is 12.4. The predicted molar refractivity (Wildman–Crippen MR) is 90.7 cm³/mol. The SMILES string of the molecule is COc1nc(CC(F)F)c(F)cc1NS(=O)c1cnc2cc(Cl)ccn12. The van der Waals surface area contributed by atoms with Crippen molar-refractivity contribution in [2.45, 2.75) is 17.9 Å². The Labute approximate surface area is 153 Å². The van der Waals surface area contributed by atoms with Gasteiger partial charge in [0.25, 0.3) is 0 Å². The highest BCUT2D eigenvalue weighted by molar-refractivity contribution is 7.86. The van der Waals surface area contributed by atoms with Gasteiger partial charge in [-0.1, -0.05) is 11.6 Å². The van der Waals surface area contributed by atoms with E-state index in [2.05, 4.69) is 14.7 Å². The monoisotopic (exact) mass is 404 g/mol. The summed E-state index contributed by atoms with van der Waals surface area (Å²) in [4.78, 5) is 7.82. The van der Waals surface area contributed by atoms with Crippen molar-refractivity contribution in [2.75, 3.05) is 11.8 Å². The summed E-state index contributed by atoms with van der Waals surface area (Å²) in [5.41, 5.74) is 0.00842. The predicted octanol–water partition coefficient (Wildman–Crippen LogP) is 3.47. The van der Waals surface area contributed by atoms with Crippen LogP contribution >= 0.6 is 11.6 Å². The molecule has 0 aliphatic carbocycles. The van der Waals surface area contributed by atoms with Gasteiger partial charge in [-0.15, -0.1) is 0 Å². The summed E-state index contributed by atoms with van der Waals surface area (Å²) in [6.07, 6.45) is -0.642. The number of nitrogens with one attached hydrogen (secondary N) is 1. The maximum absolute atomic E-state index is 14.0. The van der Waals surface area contributed by atoms with E-state index in [9.17, 15) is 17.4 Å². The second kappa shape index (κ2) is 7.50. The second-order valence-corrected chi connectivity index (χ2v) is 6.71. The molecule has 6 nitrogen and oxygen atoms in total. The zero-order valence-electron chi connectivity index (χ0n) is 13.2. The number of aromatic nitrogens is 3. The van der Waals surface area contributed by atoms with Gasteiger partial charge in [0, 0.05) is 23.4 Å². The van der Waals surface area contributed by atoms with Crippen molar-refractivity contribution in [3.8, 4) is 5.88 Å². The molecule has 0 aromatic carbocycles. The van der Waals surface area contributed by atoms with Crippen LogP contribution in [0.4, 0.5) is 18.9 Å². The van der Waals surface area contributed by atoms with Crippen molar-refractivity contribution in [2.24, 2.45) is 0 Å². The Kier molecular flexibility index (Phi) is 5.33. The molecule has 0 saturated heterocycles. The lowest BCUT2D eigenvalue weighted by Gasteiger charge is -2.12. The molecule has 0 aliphatic heterocycles. The number of rotatable bonds is 6. The lowest BCUT2D eigenvalue weighted by Crippen LogP contribution is -2.11. The molecule has 0 bridgehead atoms. The van der Waals surface area contributed by atoms with Crippen LogP contribution in [0.2, 0.25) is 5.02 Å². The topological polar surface area (TPSA) is 68.5 Å². The van der Waals surface area contributed by atoms with Crippen molar-refractivity contribution in [1.29, 1.82) is 0 Å². The van der Waals surface area contributed by atoms with Gasteiger partial charge in [-0.25, -0.2) is 27.3 Å². The molecular weight excluding hydrogens is 393 g/mol. The zero-order valence-corrected chi connectivity index (χ0v) is 14.8. The minimum atomic E-state index is -2.75. The molecule has 0 aliphatic rings. The average Bonchev–Trinajstić information content (AvgIpc) is 2.99. The van der Waals surface area contributed by atoms with Crippen LogP contribution in [0, 0.1) is 5.82 Å². The molecule has 3 aromatic rings. The molecular formula is C15H12ClF3N4O2S. The Balaban J connectivity index is 1.92. The third-order valence-corrected chi connectivity index (χ3v) is 4.71. The Bertz CT molecular complexity index is 983. The van der Waals surface area contributed by atoms with Gasteiger partial charge in [-0.2, -0.15) is 0 Å². The summed E-state index contributed by atoms with van der Waals surface area (Å²) < 4.78 is 60.6. The molecule has 0 amide bonds. The maximum Gasteiger partial charge on any atom is 0.244 e. The highest BCUT2D eigenvalue weighted by Gasteiger charge is 2.19. The molecule has 1 atom stereocenters. The van der Waals surface area contributed by atoms with E-state index in [0.29, 0.717) is 10.7 Å². The number of alkyl halides is 2. The molecule has 3 aromatic heterocycles. The molecule has 0 spiro atoms. The Morgan fingerprint density at radius 3 is 2.88 bits per heavy atom. The third kappa shape index (κ3) is 3.75. The molecule has 0 saturated carbocycles. The standard InChI is InChI=1S/C15H12ClF3N4O2S/c1-25-15-11(5-9(17)10(21-15)6-12(18)19)22-26(24)14-7-20-13-4-8(16)2-3-23(13)14/h2-5,7,12,22H,6H2,1H3. The van der Waals surface area contributed by atoms with Gasteiger partial charge >= 0.3 is 0 Å². The fourth-order valence-corrected chi connectivity index (χ4v) is 3.33. The van der Waals surface area contributed by atoms with Crippen LogP contribution < -0.4 is 9.46 Å². The van der Waals surface area contributed by atoms with E-state index in [1.54, 1.807) is 18.3 Å². The minimum Gasteiger partial charge on any atom is -0.479 e. The number of halogens is 4. The number of anilines is 1. The van der Waals surface area contributed by atoms with E-state index >= 15 is 0 Å². The maximum atomic E-state index is 14.0. The molecule has 0 fully saturated rings. The lowest BCUT2D eigenvalue weighted by atomic mass is 10.2. The minimum absolute atomic E-state index is 0.0368. The molecule has 1 unspecified atom stereocenters. The smallest absolute Gasteiger partial charge is 0.244 e.